The Bertz CT molecular complexity index is 680. The van der Waals surface area contributed by atoms with Gasteiger partial charge in [-0.15, -0.1) is 0 Å². The lowest BCUT2D eigenvalue weighted by Crippen LogP contribution is -2.42. The number of rotatable bonds is 7. The lowest BCUT2D eigenvalue weighted by Gasteiger charge is -2.21. The van der Waals surface area contributed by atoms with Crippen molar-refractivity contribution in [1.29, 1.82) is 0 Å². The lowest BCUT2D eigenvalue weighted by molar-refractivity contribution is -0.148. The second kappa shape index (κ2) is 8.82. The van der Waals surface area contributed by atoms with Crippen LogP contribution in [0.2, 0.25) is 0 Å². The first-order valence-electron chi connectivity index (χ1n) is 7.52. The monoisotopic (exact) mass is 373 g/mol. The van der Waals surface area contributed by atoms with E-state index in [1.165, 1.54) is 0 Å². The number of amides is 1. The van der Waals surface area contributed by atoms with Gasteiger partial charge in [0.05, 0.1) is 13.7 Å². The summed E-state index contributed by atoms with van der Waals surface area (Å²) < 4.78 is 38.7. The van der Waals surface area contributed by atoms with Gasteiger partial charge < -0.3 is 14.8 Å². The standard InChI is InChI=1S/C16H23NO7S/c1-16(2,3)23-15(19)17-10-13(14(18)22-4)24-25(20,21)11-12-8-6-5-7-9-12/h5-9,13H,10-11H2,1-4H3,(H,17,19). The fraction of sp³-hybridized carbons (Fsp3) is 0.500. The van der Waals surface area contributed by atoms with E-state index in [2.05, 4.69) is 10.1 Å². The van der Waals surface area contributed by atoms with Crippen LogP contribution in [0, 0.1) is 0 Å². The highest BCUT2D eigenvalue weighted by atomic mass is 32.2. The number of esters is 1. The molecule has 140 valence electrons. The summed E-state index contributed by atoms with van der Waals surface area (Å²) in [6.45, 7) is 4.61. The normalized spacial score (nSPS) is 13.0. The van der Waals surface area contributed by atoms with Gasteiger partial charge in [0, 0.05) is 0 Å². The number of benzene rings is 1. The van der Waals surface area contributed by atoms with E-state index in [9.17, 15) is 18.0 Å². The van der Waals surface area contributed by atoms with Crippen LogP contribution in [0.1, 0.15) is 26.3 Å². The van der Waals surface area contributed by atoms with Crippen molar-refractivity contribution in [2.75, 3.05) is 13.7 Å². The molecule has 25 heavy (non-hydrogen) atoms. The third-order valence-corrected chi connectivity index (χ3v) is 3.96. The van der Waals surface area contributed by atoms with Crippen molar-refractivity contribution in [3.63, 3.8) is 0 Å². The van der Waals surface area contributed by atoms with Gasteiger partial charge in [-0.25, -0.2) is 9.59 Å². The molecule has 1 amide bonds. The van der Waals surface area contributed by atoms with Crippen LogP contribution in [0.15, 0.2) is 30.3 Å². The molecule has 0 fully saturated rings. The van der Waals surface area contributed by atoms with E-state index in [0.29, 0.717) is 5.56 Å². The average molecular weight is 373 g/mol. The van der Waals surface area contributed by atoms with Crippen LogP contribution in [-0.2, 0) is 34.3 Å². The van der Waals surface area contributed by atoms with Crippen molar-refractivity contribution >= 4 is 22.2 Å². The Morgan fingerprint density at radius 2 is 1.76 bits per heavy atom. The summed E-state index contributed by atoms with van der Waals surface area (Å²) in [6.07, 6.45) is -2.31. The summed E-state index contributed by atoms with van der Waals surface area (Å²) in [6, 6.07) is 8.36. The second-order valence-corrected chi connectivity index (χ2v) is 7.77. The Balaban J connectivity index is 2.72. The molecule has 0 aliphatic carbocycles. The summed E-state index contributed by atoms with van der Waals surface area (Å²) in [5, 5.41) is 2.29. The van der Waals surface area contributed by atoms with Gasteiger partial charge in [0.25, 0.3) is 10.1 Å². The third kappa shape index (κ3) is 8.50. The summed E-state index contributed by atoms with van der Waals surface area (Å²) in [7, 11) is -2.97. The Hall–Kier alpha value is -2.13. The molecule has 1 unspecified atom stereocenters. The van der Waals surface area contributed by atoms with Crippen LogP contribution >= 0.6 is 0 Å². The van der Waals surface area contributed by atoms with Crippen LogP contribution in [0.25, 0.3) is 0 Å². The van der Waals surface area contributed by atoms with E-state index in [4.69, 9.17) is 8.92 Å². The highest BCUT2D eigenvalue weighted by Crippen LogP contribution is 2.11. The number of methoxy groups -OCH3 is 1. The maximum atomic E-state index is 12.1. The van der Waals surface area contributed by atoms with E-state index in [1.807, 2.05) is 0 Å². The van der Waals surface area contributed by atoms with E-state index < -0.39 is 46.2 Å². The van der Waals surface area contributed by atoms with Crippen molar-refractivity contribution in [2.45, 2.75) is 38.2 Å². The molecule has 0 aromatic heterocycles. The molecule has 9 heteroatoms. The summed E-state index contributed by atoms with van der Waals surface area (Å²) >= 11 is 0. The predicted octanol–water partition coefficient (Wildman–Crippen LogP) is 1.60. The average Bonchev–Trinajstić information content (AvgIpc) is 2.49. The van der Waals surface area contributed by atoms with Gasteiger partial charge in [-0.1, -0.05) is 30.3 Å². The zero-order valence-corrected chi connectivity index (χ0v) is 15.5. The molecule has 1 atom stereocenters. The molecule has 0 aliphatic heterocycles. The quantitative estimate of drug-likeness (QED) is 0.571. The van der Waals surface area contributed by atoms with Crippen LogP contribution in [0.3, 0.4) is 0 Å². The number of carbonyl (C=O) groups excluding carboxylic acids is 2. The van der Waals surface area contributed by atoms with Gasteiger partial charge >= 0.3 is 12.1 Å². The topological polar surface area (TPSA) is 108 Å². The Morgan fingerprint density at radius 3 is 2.28 bits per heavy atom. The van der Waals surface area contributed by atoms with Crippen LogP contribution in [-0.4, -0.2) is 45.8 Å². The number of hydrogen-bond acceptors (Lipinski definition) is 7. The molecule has 1 rings (SSSR count). The number of carbonyl (C=O) groups is 2. The maximum absolute atomic E-state index is 12.1. The zero-order chi connectivity index (χ0) is 19.1. The van der Waals surface area contributed by atoms with E-state index in [1.54, 1.807) is 51.1 Å². The van der Waals surface area contributed by atoms with Gasteiger partial charge in [-0.05, 0) is 26.3 Å². The molecule has 0 spiro atoms. The van der Waals surface area contributed by atoms with Gasteiger partial charge in [-0.2, -0.15) is 8.42 Å². The van der Waals surface area contributed by atoms with E-state index in [-0.39, 0.29) is 0 Å². The van der Waals surface area contributed by atoms with E-state index >= 15 is 0 Å². The summed E-state index contributed by atoms with van der Waals surface area (Å²) in [5.41, 5.74) is -0.225. The fourth-order valence-electron chi connectivity index (χ4n) is 1.77. The first kappa shape index (κ1) is 20.9. The molecule has 0 saturated carbocycles. The molecular formula is C16H23NO7S. The molecule has 1 N–H and O–H groups in total. The fourth-order valence-corrected chi connectivity index (χ4v) is 2.94. The number of alkyl carbamates (subject to hydrolysis) is 1. The van der Waals surface area contributed by atoms with Crippen molar-refractivity contribution < 1.29 is 31.7 Å². The Labute approximate surface area is 147 Å². The number of nitrogens with one attached hydrogen (secondary N) is 1. The van der Waals surface area contributed by atoms with Crippen molar-refractivity contribution in [3.8, 4) is 0 Å². The van der Waals surface area contributed by atoms with Crippen molar-refractivity contribution in [3.05, 3.63) is 35.9 Å². The largest absolute Gasteiger partial charge is 0.467 e. The van der Waals surface area contributed by atoms with Gasteiger partial charge in [0.1, 0.15) is 11.4 Å². The van der Waals surface area contributed by atoms with Gasteiger partial charge in [-0.3, -0.25) is 4.18 Å². The third-order valence-electron chi connectivity index (χ3n) is 2.74. The minimum absolute atomic E-state index is 0.407. The molecule has 0 bridgehead atoms. The van der Waals surface area contributed by atoms with Crippen LogP contribution < -0.4 is 5.32 Å². The van der Waals surface area contributed by atoms with Crippen LogP contribution in [0.4, 0.5) is 4.79 Å². The minimum atomic E-state index is -4.06. The zero-order valence-electron chi connectivity index (χ0n) is 14.6. The smallest absolute Gasteiger partial charge is 0.407 e. The highest BCUT2D eigenvalue weighted by Gasteiger charge is 2.28. The Kier molecular flexibility index (Phi) is 7.38. The summed E-state index contributed by atoms with van der Waals surface area (Å²) in [4.78, 5) is 23.4. The molecular weight excluding hydrogens is 350 g/mol. The minimum Gasteiger partial charge on any atom is -0.467 e. The predicted molar refractivity (Wildman–Crippen MR) is 90.2 cm³/mol. The second-order valence-electron chi connectivity index (χ2n) is 6.18. The van der Waals surface area contributed by atoms with Gasteiger partial charge in [0.15, 0.2) is 6.10 Å². The first-order chi connectivity index (χ1) is 11.5. The SMILES string of the molecule is COC(=O)C(CNC(=O)OC(C)(C)C)OS(=O)(=O)Cc1ccccc1. The molecule has 8 nitrogen and oxygen atoms in total. The molecule has 1 aromatic carbocycles. The molecule has 0 aliphatic rings. The molecule has 0 heterocycles. The van der Waals surface area contributed by atoms with E-state index in [0.717, 1.165) is 7.11 Å². The molecule has 1 aromatic rings. The molecule has 0 saturated heterocycles. The van der Waals surface area contributed by atoms with Gasteiger partial charge in [0.2, 0.25) is 0 Å². The number of ether oxygens (including phenoxy) is 2. The highest BCUT2D eigenvalue weighted by molar-refractivity contribution is 7.85. The Morgan fingerprint density at radius 1 is 1.16 bits per heavy atom. The number of hydrogen-bond donors (Lipinski definition) is 1. The lowest BCUT2D eigenvalue weighted by atomic mass is 10.2. The van der Waals surface area contributed by atoms with Crippen molar-refractivity contribution in [2.24, 2.45) is 0 Å². The van der Waals surface area contributed by atoms with Crippen molar-refractivity contribution in [1.82, 2.24) is 5.32 Å². The van der Waals surface area contributed by atoms with Crippen LogP contribution in [0.5, 0.6) is 0 Å². The summed E-state index contributed by atoms with van der Waals surface area (Å²) in [5.74, 6) is -1.33. The maximum Gasteiger partial charge on any atom is 0.407 e. The first-order valence-corrected chi connectivity index (χ1v) is 9.10. The molecule has 0 radical (unpaired) electrons.